The molecule has 0 bridgehead atoms. The van der Waals surface area contributed by atoms with Gasteiger partial charge in [-0.1, -0.05) is 30.3 Å². The van der Waals surface area contributed by atoms with Gasteiger partial charge < -0.3 is 14.5 Å². The Morgan fingerprint density at radius 2 is 2.08 bits per heavy atom. The van der Waals surface area contributed by atoms with Gasteiger partial charge in [-0.15, -0.1) is 5.10 Å². The molecule has 1 unspecified atom stereocenters. The summed E-state index contributed by atoms with van der Waals surface area (Å²) in [5.41, 5.74) is 1.21. The lowest BCUT2D eigenvalue weighted by atomic mass is 10.1. The van der Waals surface area contributed by atoms with Crippen LogP contribution in [0, 0.1) is 0 Å². The summed E-state index contributed by atoms with van der Waals surface area (Å²) in [6, 6.07) is 13.4. The van der Waals surface area contributed by atoms with E-state index < -0.39 is 6.09 Å². The van der Waals surface area contributed by atoms with E-state index in [0.717, 1.165) is 6.42 Å². The highest BCUT2D eigenvalue weighted by molar-refractivity contribution is 5.67. The third-order valence-corrected chi connectivity index (χ3v) is 3.80. The van der Waals surface area contributed by atoms with Crippen molar-refractivity contribution in [3.05, 3.63) is 60.1 Å². The van der Waals surface area contributed by atoms with E-state index in [-0.39, 0.29) is 6.04 Å². The van der Waals surface area contributed by atoms with Crippen LogP contribution in [-0.4, -0.2) is 28.0 Å². The first-order valence-electron chi connectivity index (χ1n) is 8.04. The SMILES string of the molecule is COC(=O)NC(C)c1nc(-c2ccco2)nn1CCc1ccccc1. The number of carbonyl (C=O) groups excluding carboxylic acids is 1. The molecule has 1 N–H and O–H groups in total. The number of furan rings is 1. The average molecular weight is 340 g/mol. The molecule has 1 atom stereocenters. The highest BCUT2D eigenvalue weighted by Crippen LogP contribution is 2.20. The smallest absolute Gasteiger partial charge is 0.407 e. The van der Waals surface area contributed by atoms with E-state index in [1.54, 1.807) is 23.1 Å². The van der Waals surface area contributed by atoms with Gasteiger partial charge in [0.15, 0.2) is 5.76 Å². The minimum Gasteiger partial charge on any atom is -0.461 e. The first-order valence-corrected chi connectivity index (χ1v) is 8.04. The van der Waals surface area contributed by atoms with Crippen LogP contribution in [0.4, 0.5) is 4.79 Å². The molecule has 0 aliphatic rings. The van der Waals surface area contributed by atoms with E-state index in [0.29, 0.717) is 24.0 Å². The van der Waals surface area contributed by atoms with Gasteiger partial charge in [0.1, 0.15) is 5.82 Å². The minimum atomic E-state index is -0.510. The van der Waals surface area contributed by atoms with Gasteiger partial charge >= 0.3 is 6.09 Å². The molecule has 7 nitrogen and oxygen atoms in total. The second kappa shape index (κ2) is 7.65. The van der Waals surface area contributed by atoms with Gasteiger partial charge in [0, 0.05) is 6.54 Å². The molecule has 25 heavy (non-hydrogen) atoms. The number of hydrogen-bond donors (Lipinski definition) is 1. The summed E-state index contributed by atoms with van der Waals surface area (Å²) in [5.74, 6) is 1.73. The largest absolute Gasteiger partial charge is 0.461 e. The van der Waals surface area contributed by atoms with Gasteiger partial charge in [0.25, 0.3) is 0 Å². The summed E-state index contributed by atoms with van der Waals surface area (Å²) in [6.45, 7) is 2.48. The van der Waals surface area contributed by atoms with E-state index in [2.05, 4.69) is 32.3 Å². The summed E-state index contributed by atoms with van der Waals surface area (Å²) in [5, 5.41) is 7.27. The molecule has 3 rings (SSSR count). The Kier molecular flexibility index (Phi) is 5.13. The minimum absolute atomic E-state index is 0.348. The Balaban J connectivity index is 1.84. The van der Waals surface area contributed by atoms with Crippen molar-refractivity contribution in [2.45, 2.75) is 25.9 Å². The molecule has 2 aromatic heterocycles. The van der Waals surface area contributed by atoms with Crippen molar-refractivity contribution in [2.24, 2.45) is 0 Å². The molecule has 1 aromatic carbocycles. The number of carbonyl (C=O) groups is 1. The fourth-order valence-corrected chi connectivity index (χ4v) is 2.53. The third-order valence-electron chi connectivity index (χ3n) is 3.80. The number of aromatic nitrogens is 3. The number of ether oxygens (including phenoxy) is 1. The molecule has 2 heterocycles. The maximum atomic E-state index is 11.5. The molecule has 0 radical (unpaired) electrons. The van der Waals surface area contributed by atoms with E-state index in [4.69, 9.17) is 4.42 Å². The number of nitrogens with one attached hydrogen (secondary N) is 1. The number of benzene rings is 1. The fraction of sp³-hybridized carbons (Fsp3) is 0.278. The molecule has 130 valence electrons. The number of aryl methyl sites for hydroxylation is 2. The number of alkyl carbamates (subject to hydrolysis) is 1. The zero-order valence-electron chi connectivity index (χ0n) is 14.2. The fourth-order valence-electron chi connectivity index (χ4n) is 2.53. The van der Waals surface area contributed by atoms with Crippen molar-refractivity contribution < 1.29 is 13.9 Å². The molecule has 3 aromatic rings. The maximum Gasteiger partial charge on any atom is 0.407 e. The van der Waals surface area contributed by atoms with Gasteiger partial charge in [0.05, 0.1) is 19.4 Å². The molecular weight excluding hydrogens is 320 g/mol. The molecule has 1 amide bonds. The Morgan fingerprint density at radius 1 is 1.28 bits per heavy atom. The summed E-state index contributed by atoms with van der Waals surface area (Å²) >= 11 is 0. The summed E-state index contributed by atoms with van der Waals surface area (Å²) in [4.78, 5) is 16.1. The van der Waals surface area contributed by atoms with Crippen molar-refractivity contribution in [3.8, 4) is 11.6 Å². The summed E-state index contributed by atoms with van der Waals surface area (Å²) < 4.78 is 11.8. The summed E-state index contributed by atoms with van der Waals surface area (Å²) in [6.07, 6.45) is 1.87. The van der Waals surface area contributed by atoms with E-state index in [1.807, 2.05) is 25.1 Å². The standard InChI is InChI=1S/C18H20N4O3/c1-13(19-18(23)24-2)17-20-16(15-9-6-12-25-15)21-22(17)11-10-14-7-4-3-5-8-14/h3-9,12-13H,10-11H2,1-2H3,(H,19,23). The monoisotopic (exact) mass is 340 g/mol. The highest BCUT2D eigenvalue weighted by Gasteiger charge is 2.20. The van der Waals surface area contributed by atoms with Gasteiger partial charge in [-0.3, -0.25) is 0 Å². The van der Waals surface area contributed by atoms with Crippen molar-refractivity contribution >= 4 is 6.09 Å². The Hall–Kier alpha value is -3.09. The topological polar surface area (TPSA) is 82.2 Å². The van der Waals surface area contributed by atoms with Crippen LogP contribution in [0.25, 0.3) is 11.6 Å². The average Bonchev–Trinajstić information content (AvgIpc) is 3.30. The number of nitrogens with zero attached hydrogens (tertiary/aromatic N) is 3. The molecule has 7 heteroatoms. The third kappa shape index (κ3) is 4.06. The molecule has 0 aliphatic carbocycles. The number of amides is 1. The zero-order chi connectivity index (χ0) is 17.6. The first-order chi connectivity index (χ1) is 12.2. The van der Waals surface area contributed by atoms with E-state index >= 15 is 0 Å². The van der Waals surface area contributed by atoms with Gasteiger partial charge in [-0.25, -0.2) is 14.5 Å². The van der Waals surface area contributed by atoms with Crippen molar-refractivity contribution in [1.82, 2.24) is 20.1 Å². The molecule has 0 fully saturated rings. The maximum absolute atomic E-state index is 11.5. The van der Waals surface area contributed by atoms with Gasteiger partial charge in [-0.2, -0.15) is 0 Å². The molecule has 0 saturated heterocycles. The molecule has 0 spiro atoms. The van der Waals surface area contributed by atoms with Crippen LogP contribution in [-0.2, 0) is 17.7 Å². The quantitative estimate of drug-likeness (QED) is 0.745. The molecular formula is C18H20N4O3. The van der Waals surface area contributed by atoms with Crippen LogP contribution in [0.15, 0.2) is 53.1 Å². The van der Waals surface area contributed by atoms with E-state index in [1.165, 1.54) is 12.7 Å². The van der Waals surface area contributed by atoms with Crippen LogP contribution in [0.2, 0.25) is 0 Å². The Labute approximate surface area is 145 Å². The lowest BCUT2D eigenvalue weighted by Crippen LogP contribution is -2.28. The summed E-state index contributed by atoms with van der Waals surface area (Å²) in [7, 11) is 1.33. The van der Waals surface area contributed by atoms with Crippen LogP contribution < -0.4 is 5.32 Å². The van der Waals surface area contributed by atoms with Crippen molar-refractivity contribution in [2.75, 3.05) is 7.11 Å². The van der Waals surface area contributed by atoms with Crippen molar-refractivity contribution in [3.63, 3.8) is 0 Å². The van der Waals surface area contributed by atoms with Crippen LogP contribution in [0.3, 0.4) is 0 Å². The van der Waals surface area contributed by atoms with E-state index in [9.17, 15) is 4.79 Å². The molecule has 0 aliphatic heterocycles. The number of hydrogen-bond acceptors (Lipinski definition) is 5. The van der Waals surface area contributed by atoms with Crippen LogP contribution >= 0.6 is 0 Å². The first kappa shape index (κ1) is 16.8. The lowest BCUT2D eigenvalue weighted by molar-refractivity contribution is 0.166. The van der Waals surface area contributed by atoms with Crippen LogP contribution in [0.1, 0.15) is 24.4 Å². The normalized spacial score (nSPS) is 11.9. The zero-order valence-corrected chi connectivity index (χ0v) is 14.2. The highest BCUT2D eigenvalue weighted by atomic mass is 16.5. The predicted octanol–water partition coefficient (Wildman–Crippen LogP) is 3.20. The van der Waals surface area contributed by atoms with Crippen molar-refractivity contribution in [1.29, 1.82) is 0 Å². The Morgan fingerprint density at radius 3 is 2.76 bits per heavy atom. The number of methoxy groups -OCH3 is 1. The van der Waals surface area contributed by atoms with Gasteiger partial charge in [0.2, 0.25) is 5.82 Å². The van der Waals surface area contributed by atoms with Crippen LogP contribution in [0.5, 0.6) is 0 Å². The molecule has 0 saturated carbocycles. The predicted molar refractivity (Wildman–Crippen MR) is 91.8 cm³/mol. The Bertz CT molecular complexity index is 812. The number of rotatable bonds is 6. The second-order valence-corrected chi connectivity index (χ2v) is 5.59. The lowest BCUT2D eigenvalue weighted by Gasteiger charge is -2.13. The second-order valence-electron chi connectivity index (χ2n) is 5.59. The van der Waals surface area contributed by atoms with Gasteiger partial charge in [-0.05, 0) is 31.0 Å².